The van der Waals surface area contributed by atoms with E-state index in [9.17, 15) is 4.79 Å². The summed E-state index contributed by atoms with van der Waals surface area (Å²) in [7, 11) is 0. The smallest absolute Gasteiger partial charge is 0.193 e. The molecule has 0 unspecified atom stereocenters. The molecule has 1 aliphatic rings. The molecule has 2 heteroatoms. The highest BCUT2D eigenvalue weighted by Crippen LogP contribution is 2.25. The molecular formula is C18H19NO. The van der Waals surface area contributed by atoms with Gasteiger partial charge in [-0.25, -0.2) is 0 Å². The third kappa shape index (κ3) is 2.22. The lowest BCUT2D eigenvalue weighted by molar-refractivity contribution is 0.103. The molecule has 2 nitrogen and oxygen atoms in total. The summed E-state index contributed by atoms with van der Waals surface area (Å²) < 4.78 is 0. The lowest BCUT2D eigenvalue weighted by Gasteiger charge is -2.16. The van der Waals surface area contributed by atoms with E-state index in [0.717, 1.165) is 24.0 Å². The van der Waals surface area contributed by atoms with Crippen LogP contribution in [0.1, 0.15) is 45.5 Å². The molecule has 0 heterocycles. The fraction of sp³-hybridized carbons (Fsp3) is 0.278. The van der Waals surface area contributed by atoms with Gasteiger partial charge in [-0.2, -0.15) is 0 Å². The molecule has 3 rings (SSSR count). The molecule has 0 saturated heterocycles. The van der Waals surface area contributed by atoms with Crippen molar-refractivity contribution in [1.82, 2.24) is 0 Å². The zero-order chi connectivity index (χ0) is 14.1. The lowest BCUT2D eigenvalue weighted by Crippen LogP contribution is -2.09. The number of nitrogens with two attached hydrogens (primary N) is 1. The maximum Gasteiger partial charge on any atom is 0.193 e. The van der Waals surface area contributed by atoms with Crippen LogP contribution in [0, 0.1) is 6.92 Å². The summed E-state index contributed by atoms with van der Waals surface area (Å²) in [6.07, 6.45) is 4.71. The van der Waals surface area contributed by atoms with Crippen LogP contribution in [0.25, 0.3) is 0 Å². The number of ketones is 1. The van der Waals surface area contributed by atoms with E-state index in [2.05, 4.69) is 12.1 Å². The molecule has 2 aromatic rings. The molecule has 0 spiro atoms. The number of rotatable bonds is 2. The van der Waals surface area contributed by atoms with Gasteiger partial charge < -0.3 is 5.73 Å². The van der Waals surface area contributed by atoms with Crippen LogP contribution in [-0.4, -0.2) is 5.78 Å². The number of carbonyl (C=O) groups is 1. The summed E-state index contributed by atoms with van der Waals surface area (Å²) in [5.41, 5.74) is 11.7. The highest BCUT2D eigenvalue weighted by Gasteiger charge is 2.16. The number of benzene rings is 2. The Kier molecular flexibility index (Phi) is 3.31. The molecule has 2 N–H and O–H groups in total. The van der Waals surface area contributed by atoms with Crippen molar-refractivity contribution in [2.24, 2.45) is 0 Å². The van der Waals surface area contributed by atoms with Crippen LogP contribution in [-0.2, 0) is 12.8 Å². The summed E-state index contributed by atoms with van der Waals surface area (Å²) in [4.78, 5) is 12.6. The Hall–Kier alpha value is -2.09. The Morgan fingerprint density at radius 2 is 1.80 bits per heavy atom. The summed E-state index contributed by atoms with van der Waals surface area (Å²) in [5.74, 6) is 0.0724. The average Bonchev–Trinajstić information content (AvgIpc) is 2.49. The van der Waals surface area contributed by atoms with E-state index >= 15 is 0 Å². The van der Waals surface area contributed by atoms with Crippen LogP contribution in [0.4, 0.5) is 5.69 Å². The van der Waals surface area contributed by atoms with Gasteiger partial charge in [0.2, 0.25) is 0 Å². The van der Waals surface area contributed by atoms with Crippen molar-refractivity contribution < 1.29 is 4.79 Å². The third-order valence-corrected chi connectivity index (χ3v) is 4.23. The van der Waals surface area contributed by atoms with Crippen molar-refractivity contribution in [3.8, 4) is 0 Å². The standard InChI is InChI=1S/C18H19NO/c1-12-16(7-4-8-17(12)19)18(20)15-10-9-13-5-2-3-6-14(13)11-15/h4,7-11H,2-3,5-6,19H2,1H3. The fourth-order valence-electron chi connectivity index (χ4n) is 2.93. The molecule has 0 radical (unpaired) electrons. The van der Waals surface area contributed by atoms with E-state index in [4.69, 9.17) is 5.73 Å². The van der Waals surface area contributed by atoms with Gasteiger partial charge in [-0.3, -0.25) is 4.79 Å². The second-order valence-electron chi connectivity index (χ2n) is 5.54. The number of carbonyl (C=O) groups excluding carboxylic acids is 1. The van der Waals surface area contributed by atoms with Crippen molar-refractivity contribution in [2.75, 3.05) is 5.73 Å². The maximum absolute atomic E-state index is 12.6. The van der Waals surface area contributed by atoms with Crippen molar-refractivity contribution >= 4 is 11.5 Å². The number of aryl methyl sites for hydroxylation is 2. The molecule has 2 aromatic carbocycles. The molecular weight excluding hydrogens is 246 g/mol. The van der Waals surface area contributed by atoms with Gasteiger partial charge in [0, 0.05) is 16.8 Å². The van der Waals surface area contributed by atoms with E-state index in [0.29, 0.717) is 11.3 Å². The monoisotopic (exact) mass is 265 g/mol. The first-order chi connectivity index (χ1) is 9.66. The molecule has 0 saturated carbocycles. The number of nitrogen functional groups attached to an aromatic ring is 1. The predicted molar refractivity (Wildman–Crippen MR) is 82.1 cm³/mol. The van der Waals surface area contributed by atoms with Gasteiger partial charge in [0.05, 0.1) is 0 Å². The van der Waals surface area contributed by atoms with E-state index in [1.54, 1.807) is 0 Å². The first-order valence-electron chi connectivity index (χ1n) is 7.18. The first-order valence-corrected chi connectivity index (χ1v) is 7.18. The van der Waals surface area contributed by atoms with E-state index in [-0.39, 0.29) is 5.78 Å². The van der Waals surface area contributed by atoms with E-state index < -0.39 is 0 Å². The van der Waals surface area contributed by atoms with Gasteiger partial charge in [0.15, 0.2) is 5.78 Å². The topological polar surface area (TPSA) is 43.1 Å². The molecule has 0 atom stereocenters. The summed E-state index contributed by atoms with van der Waals surface area (Å²) in [6.45, 7) is 1.90. The summed E-state index contributed by atoms with van der Waals surface area (Å²) in [6, 6.07) is 11.7. The van der Waals surface area contributed by atoms with Crippen LogP contribution >= 0.6 is 0 Å². The molecule has 0 amide bonds. The Balaban J connectivity index is 2.00. The van der Waals surface area contributed by atoms with Crippen molar-refractivity contribution in [3.05, 3.63) is 64.2 Å². The van der Waals surface area contributed by atoms with Gasteiger partial charge in [-0.05, 0) is 61.4 Å². The Morgan fingerprint density at radius 1 is 1.05 bits per heavy atom. The first kappa shape index (κ1) is 12.9. The van der Waals surface area contributed by atoms with Gasteiger partial charge in [0.25, 0.3) is 0 Å². The minimum Gasteiger partial charge on any atom is -0.398 e. The summed E-state index contributed by atoms with van der Waals surface area (Å²) >= 11 is 0. The zero-order valence-electron chi connectivity index (χ0n) is 11.8. The van der Waals surface area contributed by atoms with Gasteiger partial charge >= 0.3 is 0 Å². The van der Waals surface area contributed by atoms with Crippen LogP contribution in [0.5, 0.6) is 0 Å². The average molecular weight is 265 g/mol. The molecule has 102 valence electrons. The van der Waals surface area contributed by atoms with E-state index in [1.807, 2.05) is 31.2 Å². The van der Waals surface area contributed by atoms with E-state index in [1.165, 1.54) is 24.0 Å². The highest BCUT2D eigenvalue weighted by atomic mass is 16.1. The number of fused-ring (bicyclic) bond motifs is 1. The second kappa shape index (κ2) is 5.12. The van der Waals surface area contributed by atoms with Crippen molar-refractivity contribution in [1.29, 1.82) is 0 Å². The highest BCUT2D eigenvalue weighted by molar-refractivity contribution is 6.10. The molecule has 0 fully saturated rings. The molecule has 0 aromatic heterocycles. The third-order valence-electron chi connectivity index (χ3n) is 4.23. The Labute approximate surface area is 119 Å². The largest absolute Gasteiger partial charge is 0.398 e. The van der Waals surface area contributed by atoms with Crippen molar-refractivity contribution in [3.63, 3.8) is 0 Å². The van der Waals surface area contributed by atoms with Crippen molar-refractivity contribution in [2.45, 2.75) is 32.6 Å². The van der Waals surface area contributed by atoms with Crippen LogP contribution < -0.4 is 5.73 Å². The quantitative estimate of drug-likeness (QED) is 0.664. The molecule has 0 aliphatic heterocycles. The molecule has 0 bridgehead atoms. The second-order valence-corrected chi connectivity index (χ2v) is 5.54. The Morgan fingerprint density at radius 3 is 2.60 bits per heavy atom. The number of hydrogen-bond acceptors (Lipinski definition) is 2. The zero-order valence-corrected chi connectivity index (χ0v) is 11.8. The van der Waals surface area contributed by atoms with Crippen LogP contribution in [0.15, 0.2) is 36.4 Å². The molecule has 20 heavy (non-hydrogen) atoms. The SMILES string of the molecule is Cc1c(N)cccc1C(=O)c1ccc2c(c1)CCCC2. The van der Waals surface area contributed by atoms with Crippen LogP contribution in [0.2, 0.25) is 0 Å². The number of hydrogen-bond donors (Lipinski definition) is 1. The van der Waals surface area contributed by atoms with Gasteiger partial charge in [-0.1, -0.05) is 24.3 Å². The number of anilines is 1. The minimum atomic E-state index is 0.0724. The van der Waals surface area contributed by atoms with Crippen LogP contribution in [0.3, 0.4) is 0 Å². The molecule has 1 aliphatic carbocycles. The maximum atomic E-state index is 12.6. The fourth-order valence-corrected chi connectivity index (χ4v) is 2.93. The lowest BCUT2D eigenvalue weighted by atomic mass is 9.88. The van der Waals surface area contributed by atoms with Gasteiger partial charge in [-0.15, -0.1) is 0 Å². The minimum absolute atomic E-state index is 0.0724. The Bertz CT molecular complexity index is 673. The normalized spacial score (nSPS) is 13.8. The van der Waals surface area contributed by atoms with Gasteiger partial charge in [0.1, 0.15) is 0 Å². The summed E-state index contributed by atoms with van der Waals surface area (Å²) in [5, 5.41) is 0. The predicted octanol–water partition coefficient (Wildman–Crippen LogP) is 3.69.